The number of pyridine rings is 1. The Morgan fingerprint density at radius 1 is 1.10 bits per heavy atom. The number of carbonyl (C=O) groups is 1. The molecule has 0 aliphatic carbocycles. The molecule has 0 unspecified atom stereocenters. The fourth-order valence-electron chi connectivity index (χ4n) is 2.27. The van der Waals surface area contributed by atoms with E-state index in [1.807, 2.05) is 37.3 Å². The van der Waals surface area contributed by atoms with Crippen molar-refractivity contribution < 1.29 is 9.90 Å². The van der Waals surface area contributed by atoms with Gasteiger partial charge in [-0.3, -0.25) is 9.78 Å². The van der Waals surface area contributed by atoms with Crippen LogP contribution in [0.15, 0.2) is 54.6 Å². The number of para-hydroxylation sites is 2. The number of aryl methyl sites for hydroxylation is 1. The third-order valence-corrected chi connectivity index (χ3v) is 3.24. The summed E-state index contributed by atoms with van der Waals surface area (Å²) >= 11 is 0. The monoisotopic (exact) mass is 278 g/mol. The lowest BCUT2D eigenvalue weighted by Gasteiger charge is -2.10. The molecule has 21 heavy (non-hydrogen) atoms. The van der Waals surface area contributed by atoms with Crippen LogP contribution in [0.2, 0.25) is 0 Å². The second-order valence-corrected chi connectivity index (χ2v) is 4.80. The van der Waals surface area contributed by atoms with Crippen molar-refractivity contribution in [3.8, 4) is 5.75 Å². The SMILES string of the molecule is Cc1cc(NC(=O)c2ccccc2O)c2ccccc2n1. The van der Waals surface area contributed by atoms with Gasteiger partial charge in [-0.2, -0.15) is 0 Å². The van der Waals surface area contributed by atoms with Crippen LogP contribution in [0.4, 0.5) is 5.69 Å². The molecule has 1 amide bonds. The van der Waals surface area contributed by atoms with Crippen molar-refractivity contribution in [1.29, 1.82) is 0 Å². The Morgan fingerprint density at radius 2 is 1.81 bits per heavy atom. The highest BCUT2D eigenvalue weighted by Gasteiger charge is 2.12. The van der Waals surface area contributed by atoms with Crippen LogP contribution in [0.25, 0.3) is 10.9 Å². The average Bonchev–Trinajstić information content (AvgIpc) is 2.47. The predicted octanol–water partition coefficient (Wildman–Crippen LogP) is 3.50. The summed E-state index contributed by atoms with van der Waals surface area (Å²) in [6.45, 7) is 1.88. The van der Waals surface area contributed by atoms with Crippen LogP contribution in [0.1, 0.15) is 16.1 Å². The van der Waals surface area contributed by atoms with Crippen molar-refractivity contribution in [3.63, 3.8) is 0 Å². The minimum Gasteiger partial charge on any atom is -0.507 e. The number of nitrogens with zero attached hydrogens (tertiary/aromatic N) is 1. The molecular weight excluding hydrogens is 264 g/mol. The molecule has 0 saturated heterocycles. The maximum atomic E-state index is 12.3. The van der Waals surface area contributed by atoms with E-state index in [-0.39, 0.29) is 17.2 Å². The molecule has 0 atom stereocenters. The number of hydrogen-bond acceptors (Lipinski definition) is 3. The lowest BCUT2D eigenvalue weighted by molar-refractivity contribution is 0.102. The third-order valence-electron chi connectivity index (χ3n) is 3.24. The summed E-state index contributed by atoms with van der Waals surface area (Å²) in [5, 5.41) is 13.5. The van der Waals surface area contributed by atoms with Gasteiger partial charge in [0, 0.05) is 11.1 Å². The molecule has 4 heteroatoms. The van der Waals surface area contributed by atoms with Gasteiger partial charge < -0.3 is 10.4 Å². The maximum Gasteiger partial charge on any atom is 0.259 e. The molecule has 0 aliphatic rings. The largest absolute Gasteiger partial charge is 0.507 e. The van der Waals surface area contributed by atoms with E-state index < -0.39 is 0 Å². The fourth-order valence-corrected chi connectivity index (χ4v) is 2.27. The lowest BCUT2D eigenvalue weighted by Crippen LogP contribution is -2.12. The standard InChI is InChI=1S/C17H14N2O2/c1-11-10-15(12-6-2-4-8-14(12)18-11)19-17(21)13-7-3-5-9-16(13)20/h2-10,20H,1H3,(H,18,19,21). The molecule has 0 spiro atoms. The summed E-state index contributed by atoms with van der Waals surface area (Å²) < 4.78 is 0. The second kappa shape index (κ2) is 5.25. The summed E-state index contributed by atoms with van der Waals surface area (Å²) in [5.74, 6) is -0.381. The van der Waals surface area contributed by atoms with Crippen molar-refractivity contribution in [2.24, 2.45) is 0 Å². The Labute approximate surface area is 122 Å². The zero-order valence-electron chi connectivity index (χ0n) is 11.5. The van der Waals surface area contributed by atoms with Gasteiger partial charge in [-0.15, -0.1) is 0 Å². The van der Waals surface area contributed by atoms with E-state index in [0.29, 0.717) is 5.69 Å². The van der Waals surface area contributed by atoms with Crippen LogP contribution in [0.5, 0.6) is 5.75 Å². The average molecular weight is 278 g/mol. The zero-order chi connectivity index (χ0) is 14.8. The second-order valence-electron chi connectivity index (χ2n) is 4.80. The molecule has 0 bridgehead atoms. The normalized spacial score (nSPS) is 10.5. The first-order chi connectivity index (χ1) is 10.1. The molecule has 0 saturated carbocycles. The highest BCUT2D eigenvalue weighted by molar-refractivity contribution is 6.09. The summed E-state index contributed by atoms with van der Waals surface area (Å²) in [7, 11) is 0. The van der Waals surface area contributed by atoms with E-state index in [1.54, 1.807) is 18.2 Å². The van der Waals surface area contributed by atoms with Crippen LogP contribution in [-0.2, 0) is 0 Å². The number of rotatable bonds is 2. The molecule has 0 radical (unpaired) electrons. The van der Waals surface area contributed by atoms with Crippen LogP contribution in [-0.4, -0.2) is 16.0 Å². The third kappa shape index (κ3) is 2.56. The number of amides is 1. The van der Waals surface area contributed by atoms with E-state index in [0.717, 1.165) is 16.6 Å². The highest BCUT2D eigenvalue weighted by atomic mass is 16.3. The highest BCUT2D eigenvalue weighted by Crippen LogP contribution is 2.24. The Hall–Kier alpha value is -2.88. The van der Waals surface area contributed by atoms with Crippen molar-refractivity contribution >= 4 is 22.5 Å². The number of anilines is 1. The molecule has 4 nitrogen and oxygen atoms in total. The van der Waals surface area contributed by atoms with Gasteiger partial charge in [0.15, 0.2) is 0 Å². The molecule has 3 rings (SSSR count). The van der Waals surface area contributed by atoms with Gasteiger partial charge in [-0.25, -0.2) is 0 Å². The quantitative estimate of drug-likeness (QED) is 0.754. The van der Waals surface area contributed by atoms with Gasteiger partial charge in [-0.05, 0) is 31.2 Å². The Morgan fingerprint density at radius 3 is 2.62 bits per heavy atom. The molecule has 3 aromatic rings. The topological polar surface area (TPSA) is 62.2 Å². The minimum absolute atomic E-state index is 0.0370. The van der Waals surface area contributed by atoms with Crippen LogP contribution in [0, 0.1) is 6.92 Å². The molecule has 1 aromatic heterocycles. The molecule has 0 fully saturated rings. The number of benzene rings is 2. The van der Waals surface area contributed by atoms with Gasteiger partial charge in [-0.1, -0.05) is 30.3 Å². The number of nitrogens with one attached hydrogen (secondary N) is 1. The lowest BCUT2D eigenvalue weighted by atomic mass is 10.1. The Kier molecular flexibility index (Phi) is 3.28. The number of phenolic OH excluding ortho intramolecular Hbond substituents is 1. The molecule has 0 aliphatic heterocycles. The van der Waals surface area contributed by atoms with Crippen LogP contribution >= 0.6 is 0 Å². The molecule has 104 valence electrons. The summed E-state index contributed by atoms with van der Waals surface area (Å²) in [5.41, 5.74) is 2.58. The van der Waals surface area contributed by atoms with Gasteiger partial charge in [0.1, 0.15) is 5.75 Å². The van der Waals surface area contributed by atoms with E-state index in [1.165, 1.54) is 6.07 Å². The van der Waals surface area contributed by atoms with E-state index >= 15 is 0 Å². The summed E-state index contributed by atoms with van der Waals surface area (Å²) in [6, 6.07) is 15.9. The Balaban J connectivity index is 2.02. The van der Waals surface area contributed by atoms with Gasteiger partial charge >= 0.3 is 0 Å². The first-order valence-electron chi connectivity index (χ1n) is 6.61. The van der Waals surface area contributed by atoms with E-state index in [2.05, 4.69) is 10.3 Å². The van der Waals surface area contributed by atoms with Crippen LogP contribution < -0.4 is 5.32 Å². The van der Waals surface area contributed by atoms with E-state index in [9.17, 15) is 9.90 Å². The zero-order valence-corrected chi connectivity index (χ0v) is 11.5. The summed E-state index contributed by atoms with van der Waals surface area (Å²) in [6.07, 6.45) is 0. The van der Waals surface area contributed by atoms with Gasteiger partial charge in [0.2, 0.25) is 0 Å². The number of carbonyl (C=O) groups excluding carboxylic acids is 1. The minimum atomic E-state index is -0.344. The predicted molar refractivity (Wildman–Crippen MR) is 82.5 cm³/mol. The van der Waals surface area contributed by atoms with Crippen molar-refractivity contribution in [1.82, 2.24) is 4.98 Å². The maximum absolute atomic E-state index is 12.3. The summed E-state index contributed by atoms with van der Waals surface area (Å²) in [4.78, 5) is 16.7. The van der Waals surface area contributed by atoms with Crippen molar-refractivity contribution in [3.05, 3.63) is 65.9 Å². The molecule has 2 aromatic carbocycles. The van der Waals surface area contributed by atoms with Gasteiger partial charge in [0.25, 0.3) is 5.91 Å². The van der Waals surface area contributed by atoms with Crippen LogP contribution in [0.3, 0.4) is 0 Å². The van der Waals surface area contributed by atoms with Gasteiger partial charge in [0.05, 0.1) is 16.8 Å². The smallest absolute Gasteiger partial charge is 0.259 e. The molecule has 2 N–H and O–H groups in total. The molecule has 1 heterocycles. The number of fused-ring (bicyclic) bond motifs is 1. The first kappa shape index (κ1) is 13.1. The first-order valence-corrected chi connectivity index (χ1v) is 6.61. The fraction of sp³-hybridized carbons (Fsp3) is 0.0588. The molecular formula is C17H14N2O2. The number of aromatic hydroxyl groups is 1. The number of aromatic nitrogens is 1. The van der Waals surface area contributed by atoms with Crippen molar-refractivity contribution in [2.45, 2.75) is 6.92 Å². The Bertz CT molecular complexity index is 828. The van der Waals surface area contributed by atoms with E-state index in [4.69, 9.17) is 0 Å². The number of phenols is 1. The number of hydrogen-bond donors (Lipinski definition) is 2. The van der Waals surface area contributed by atoms with Crippen molar-refractivity contribution in [2.75, 3.05) is 5.32 Å².